The van der Waals surface area contributed by atoms with Gasteiger partial charge in [-0.25, -0.2) is 0 Å². The Morgan fingerprint density at radius 2 is 1.14 bits per heavy atom. The van der Waals surface area contributed by atoms with Crippen molar-refractivity contribution in [3.8, 4) is 11.1 Å². The Morgan fingerprint density at radius 1 is 0.562 bits per heavy atom. The number of fused-ring (bicyclic) bond motifs is 7. The highest BCUT2D eigenvalue weighted by atomic mass is 32.1. The van der Waals surface area contributed by atoms with Gasteiger partial charge in [0.15, 0.2) is 0 Å². The SMILES string of the molecule is CCCCc1ccc(N2c3ccc(CCCC)cc3B3c4sc5ccc(CCCC)cc5c4N(c4ccc5c(c4)C(C)(C)CCC5(C)C)c4cc(-c5c(C)cccc5C)cc2c43)cc1. The van der Waals surface area contributed by atoms with E-state index in [-0.39, 0.29) is 17.5 Å². The third-order valence-corrected chi connectivity index (χ3v) is 16.5. The molecule has 3 heterocycles. The number of hydrogen-bond donors (Lipinski definition) is 0. The smallest absolute Gasteiger partial charge is 0.264 e. The molecule has 0 N–H and O–H groups in total. The molecule has 6 aromatic carbocycles. The molecule has 0 unspecified atom stereocenters. The fourth-order valence-corrected chi connectivity index (χ4v) is 12.8. The molecule has 10 rings (SSSR count). The van der Waals surface area contributed by atoms with E-state index in [0.717, 1.165) is 19.3 Å². The van der Waals surface area contributed by atoms with Gasteiger partial charge >= 0.3 is 0 Å². The van der Waals surface area contributed by atoms with Crippen LogP contribution in [0, 0.1) is 13.8 Å². The number of anilines is 6. The van der Waals surface area contributed by atoms with Crippen LogP contribution in [0.2, 0.25) is 0 Å². The zero-order valence-corrected chi connectivity index (χ0v) is 40.9. The van der Waals surface area contributed by atoms with E-state index in [4.69, 9.17) is 0 Å². The summed E-state index contributed by atoms with van der Waals surface area (Å²) < 4.78 is 2.85. The molecule has 0 atom stereocenters. The van der Waals surface area contributed by atoms with Crippen LogP contribution in [-0.2, 0) is 30.1 Å². The second-order valence-electron chi connectivity index (χ2n) is 20.8. The van der Waals surface area contributed by atoms with Crippen LogP contribution >= 0.6 is 11.3 Å². The second kappa shape index (κ2) is 16.7. The molecule has 0 bridgehead atoms. The molecule has 3 aliphatic rings. The first-order chi connectivity index (χ1) is 30.9. The normalized spacial score (nSPS) is 15.5. The molecule has 1 aromatic heterocycles. The molecule has 0 amide bonds. The van der Waals surface area contributed by atoms with E-state index in [9.17, 15) is 0 Å². The molecule has 326 valence electrons. The summed E-state index contributed by atoms with van der Waals surface area (Å²) in [4.78, 5) is 5.37. The second-order valence-corrected chi connectivity index (χ2v) is 21.9. The molecular weight excluding hydrogens is 792 g/mol. The maximum Gasteiger partial charge on any atom is 0.264 e. The van der Waals surface area contributed by atoms with E-state index >= 15 is 0 Å². The Hall–Kier alpha value is -5.06. The van der Waals surface area contributed by atoms with E-state index < -0.39 is 0 Å². The van der Waals surface area contributed by atoms with Gasteiger partial charge in [0.1, 0.15) is 0 Å². The molecule has 64 heavy (non-hydrogen) atoms. The number of nitrogens with zero attached hydrogens (tertiary/aromatic N) is 2. The molecule has 0 saturated carbocycles. The van der Waals surface area contributed by atoms with Crippen molar-refractivity contribution in [1.29, 1.82) is 0 Å². The summed E-state index contributed by atoms with van der Waals surface area (Å²) in [5, 5.41) is 1.39. The number of aryl methyl sites for hydroxylation is 5. The first-order valence-electron chi connectivity index (χ1n) is 24.7. The molecule has 0 fully saturated rings. The van der Waals surface area contributed by atoms with Gasteiger partial charge in [-0.15, -0.1) is 11.3 Å². The molecule has 0 spiro atoms. The Bertz CT molecular complexity index is 2880. The minimum absolute atomic E-state index is 0.0828. The molecule has 0 saturated heterocycles. The van der Waals surface area contributed by atoms with Gasteiger partial charge in [-0.2, -0.15) is 0 Å². The van der Waals surface area contributed by atoms with Gasteiger partial charge < -0.3 is 9.80 Å². The first kappa shape index (κ1) is 42.9. The van der Waals surface area contributed by atoms with Crippen LogP contribution in [0.4, 0.5) is 34.1 Å². The lowest BCUT2D eigenvalue weighted by Crippen LogP contribution is -2.60. The molecule has 4 heteroatoms. The number of thiophene rings is 1. The Balaban J connectivity index is 1.33. The van der Waals surface area contributed by atoms with Crippen LogP contribution in [-0.4, -0.2) is 6.71 Å². The van der Waals surface area contributed by atoms with Crippen LogP contribution in [0.15, 0.2) is 109 Å². The number of hydrogen-bond acceptors (Lipinski definition) is 3. The third kappa shape index (κ3) is 7.24. The standard InChI is InChI=1S/C60H67BN2S/c1-10-13-19-41-22-26-45(27-23-41)62-51-30-24-43(21-15-12-3)35-50(51)61-56-52(62)36-44(55-39(4)17-16-18-40(55)5)37-53(56)63(46-28-29-48-49(38-46)60(8,9)33-32-59(48,6)7)57-47-34-42(20-14-11-2)25-31-54(47)64-58(57)61/h16-18,22-31,34-38H,10-15,19-21,32-33H2,1-9H3. The largest absolute Gasteiger partial charge is 0.311 e. The van der Waals surface area contributed by atoms with Gasteiger partial charge in [-0.3, -0.25) is 0 Å². The monoisotopic (exact) mass is 859 g/mol. The summed E-state index contributed by atoms with van der Waals surface area (Å²) in [6, 6.07) is 44.0. The zero-order chi connectivity index (χ0) is 44.5. The van der Waals surface area contributed by atoms with Gasteiger partial charge in [0.25, 0.3) is 6.71 Å². The Labute approximate surface area is 388 Å². The third-order valence-electron chi connectivity index (χ3n) is 15.3. The fraction of sp³-hybridized carbons (Fsp3) is 0.367. The summed E-state index contributed by atoms with van der Waals surface area (Å²) in [5.41, 5.74) is 23.4. The maximum absolute atomic E-state index is 2.74. The fourth-order valence-electron chi connectivity index (χ4n) is 11.5. The van der Waals surface area contributed by atoms with Crippen LogP contribution in [0.1, 0.15) is 139 Å². The maximum atomic E-state index is 2.74. The highest BCUT2D eigenvalue weighted by Gasteiger charge is 2.46. The molecular formula is C60H67BN2S. The van der Waals surface area contributed by atoms with Crippen molar-refractivity contribution in [1.82, 2.24) is 0 Å². The van der Waals surface area contributed by atoms with E-state index in [1.807, 2.05) is 11.3 Å². The van der Waals surface area contributed by atoms with Crippen LogP contribution in [0.25, 0.3) is 21.2 Å². The quantitative estimate of drug-likeness (QED) is 0.113. The Morgan fingerprint density at radius 3 is 1.81 bits per heavy atom. The van der Waals surface area contributed by atoms with Crippen molar-refractivity contribution >= 4 is 78.0 Å². The number of rotatable bonds is 12. The van der Waals surface area contributed by atoms with Crippen molar-refractivity contribution in [3.63, 3.8) is 0 Å². The molecule has 1 aliphatic carbocycles. The van der Waals surface area contributed by atoms with Gasteiger partial charge in [0.2, 0.25) is 0 Å². The van der Waals surface area contributed by atoms with Gasteiger partial charge in [0.05, 0.1) is 5.69 Å². The predicted octanol–water partition coefficient (Wildman–Crippen LogP) is 15.6. The molecule has 0 radical (unpaired) electrons. The van der Waals surface area contributed by atoms with E-state index in [0.29, 0.717) is 0 Å². The van der Waals surface area contributed by atoms with Crippen molar-refractivity contribution in [2.45, 2.75) is 144 Å². The average Bonchev–Trinajstić information content (AvgIpc) is 3.66. The van der Waals surface area contributed by atoms with Gasteiger partial charge in [-0.05, 0) is 192 Å². The first-order valence-corrected chi connectivity index (χ1v) is 25.5. The van der Waals surface area contributed by atoms with Gasteiger partial charge in [-0.1, -0.05) is 122 Å². The summed E-state index contributed by atoms with van der Waals surface area (Å²) in [5.74, 6) is 0. The molecule has 7 aromatic rings. The topological polar surface area (TPSA) is 6.48 Å². The van der Waals surface area contributed by atoms with Crippen LogP contribution in [0.3, 0.4) is 0 Å². The van der Waals surface area contributed by atoms with Crippen LogP contribution < -0.4 is 25.5 Å². The molecule has 2 aliphatic heterocycles. The predicted molar refractivity (Wildman–Crippen MR) is 282 cm³/mol. The lowest BCUT2D eigenvalue weighted by atomic mass is 9.36. The average molecular weight is 859 g/mol. The van der Waals surface area contributed by atoms with Crippen molar-refractivity contribution in [2.75, 3.05) is 9.80 Å². The van der Waals surface area contributed by atoms with Gasteiger partial charge in [0, 0.05) is 43.3 Å². The highest BCUT2D eigenvalue weighted by Crippen LogP contribution is 2.52. The number of benzene rings is 6. The molecule has 2 nitrogen and oxygen atoms in total. The van der Waals surface area contributed by atoms with Crippen molar-refractivity contribution in [3.05, 3.63) is 148 Å². The summed E-state index contributed by atoms with van der Waals surface area (Å²) in [7, 11) is 0. The van der Waals surface area contributed by atoms with E-state index in [2.05, 4.69) is 181 Å². The lowest BCUT2D eigenvalue weighted by Gasteiger charge is -2.45. The zero-order valence-electron chi connectivity index (χ0n) is 40.1. The van der Waals surface area contributed by atoms with Crippen LogP contribution in [0.5, 0.6) is 0 Å². The minimum atomic E-state index is 0.0828. The Kier molecular flexibility index (Phi) is 11.2. The van der Waals surface area contributed by atoms with E-state index in [1.54, 1.807) is 0 Å². The summed E-state index contributed by atoms with van der Waals surface area (Å²) >= 11 is 2.04. The summed E-state index contributed by atoms with van der Waals surface area (Å²) in [6.45, 7) is 21.5. The van der Waals surface area contributed by atoms with Crippen molar-refractivity contribution < 1.29 is 0 Å². The minimum Gasteiger partial charge on any atom is -0.311 e. The highest BCUT2D eigenvalue weighted by molar-refractivity contribution is 7.33. The summed E-state index contributed by atoms with van der Waals surface area (Å²) in [6.07, 6.45) is 12.9. The van der Waals surface area contributed by atoms with E-state index in [1.165, 1.54) is 161 Å². The lowest BCUT2D eigenvalue weighted by molar-refractivity contribution is 0.332. The van der Waals surface area contributed by atoms with Crippen molar-refractivity contribution in [2.24, 2.45) is 0 Å². The number of unbranched alkanes of at least 4 members (excludes halogenated alkanes) is 3.